The van der Waals surface area contributed by atoms with Gasteiger partial charge in [-0.1, -0.05) is 48.5 Å². The summed E-state index contributed by atoms with van der Waals surface area (Å²) in [5.74, 6) is -0.295. The van der Waals surface area contributed by atoms with Gasteiger partial charge in [-0.05, 0) is 60.2 Å². The number of benzene rings is 3. The van der Waals surface area contributed by atoms with Crippen LogP contribution < -0.4 is 14.9 Å². The molecule has 1 saturated carbocycles. The van der Waals surface area contributed by atoms with Crippen LogP contribution in [-0.4, -0.2) is 26.9 Å². The maximum atomic E-state index is 12.6. The van der Waals surface area contributed by atoms with Crippen LogP contribution in [0.5, 0.6) is 0 Å². The van der Waals surface area contributed by atoms with E-state index in [1.54, 1.807) is 12.1 Å². The number of hydrogen-bond acceptors (Lipinski definition) is 4. The smallest absolute Gasteiger partial charge is 0.251 e. The lowest BCUT2D eigenvalue weighted by Crippen LogP contribution is -2.27. The minimum absolute atomic E-state index is 0.0238. The molecule has 2 aliphatic rings. The van der Waals surface area contributed by atoms with Gasteiger partial charge >= 0.3 is 0 Å². The Balaban J connectivity index is 1.18. The Labute approximate surface area is 194 Å². The maximum Gasteiger partial charge on any atom is 0.251 e. The van der Waals surface area contributed by atoms with E-state index in [9.17, 15) is 13.2 Å². The predicted octanol–water partition coefficient (Wildman–Crippen LogP) is 3.62. The van der Waals surface area contributed by atoms with Crippen molar-refractivity contribution in [3.63, 3.8) is 0 Å². The molecule has 170 valence electrons. The van der Waals surface area contributed by atoms with Gasteiger partial charge in [0, 0.05) is 36.9 Å². The van der Waals surface area contributed by atoms with Crippen molar-refractivity contribution >= 4 is 21.6 Å². The predicted molar refractivity (Wildman–Crippen MR) is 129 cm³/mol. The van der Waals surface area contributed by atoms with Crippen LogP contribution in [0.1, 0.15) is 39.9 Å². The number of carbonyl (C=O) groups is 1. The Hall–Kier alpha value is -3.16. The summed E-state index contributed by atoms with van der Waals surface area (Å²) in [6.07, 6.45) is 2.81. The van der Waals surface area contributed by atoms with Crippen molar-refractivity contribution < 1.29 is 13.2 Å². The second-order valence-corrected chi connectivity index (χ2v) is 10.4. The molecule has 0 spiro atoms. The number of rotatable bonds is 8. The van der Waals surface area contributed by atoms with E-state index in [1.807, 2.05) is 12.1 Å². The van der Waals surface area contributed by atoms with Crippen LogP contribution in [0.4, 0.5) is 5.69 Å². The number of carbonyl (C=O) groups excluding carboxylic acids is 1. The monoisotopic (exact) mass is 461 g/mol. The van der Waals surface area contributed by atoms with Crippen molar-refractivity contribution in [3.8, 4) is 0 Å². The molecule has 7 heteroatoms. The molecule has 6 nitrogen and oxygen atoms in total. The highest BCUT2D eigenvalue weighted by Gasteiger charge is 2.28. The normalized spacial score (nSPS) is 15.3. The maximum absolute atomic E-state index is 12.6. The van der Waals surface area contributed by atoms with Gasteiger partial charge < -0.3 is 10.2 Å². The largest absolute Gasteiger partial charge is 0.367 e. The summed E-state index contributed by atoms with van der Waals surface area (Å²) in [5.41, 5.74) is 5.26. The zero-order chi connectivity index (χ0) is 22.8. The number of para-hydroxylation sites is 1. The van der Waals surface area contributed by atoms with Crippen molar-refractivity contribution in [1.82, 2.24) is 10.0 Å². The molecule has 0 atom stereocenters. The van der Waals surface area contributed by atoms with E-state index in [4.69, 9.17) is 0 Å². The van der Waals surface area contributed by atoms with Crippen LogP contribution in [-0.2, 0) is 29.5 Å². The highest BCUT2D eigenvalue weighted by atomic mass is 32.2. The van der Waals surface area contributed by atoms with Gasteiger partial charge in [-0.2, -0.15) is 0 Å². The van der Waals surface area contributed by atoms with E-state index in [0.29, 0.717) is 12.1 Å². The first-order chi connectivity index (χ1) is 16.0. The van der Waals surface area contributed by atoms with E-state index in [2.05, 4.69) is 51.3 Å². The van der Waals surface area contributed by atoms with E-state index in [-0.39, 0.29) is 16.8 Å². The zero-order valence-corrected chi connectivity index (χ0v) is 19.1. The summed E-state index contributed by atoms with van der Waals surface area (Å²) in [6.45, 7) is 2.27. The lowest BCUT2D eigenvalue weighted by atomic mass is 10.1. The average molecular weight is 462 g/mol. The molecule has 0 unspecified atom stereocenters. The van der Waals surface area contributed by atoms with Gasteiger partial charge in [0.15, 0.2) is 0 Å². The third kappa shape index (κ3) is 5.10. The first-order valence-corrected chi connectivity index (χ1v) is 12.8. The molecule has 3 aromatic rings. The Bertz CT molecular complexity index is 1270. The fourth-order valence-corrected chi connectivity index (χ4v) is 5.48. The van der Waals surface area contributed by atoms with Gasteiger partial charge in [0.1, 0.15) is 0 Å². The molecular formula is C26H27N3O3S. The minimum atomic E-state index is -3.59. The summed E-state index contributed by atoms with van der Waals surface area (Å²) in [6, 6.07) is 23.0. The summed E-state index contributed by atoms with van der Waals surface area (Å²) < 4.78 is 27.5. The molecule has 2 N–H and O–H groups in total. The topological polar surface area (TPSA) is 78.5 Å². The van der Waals surface area contributed by atoms with Crippen molar-refractivity contribution in [3.05, 3.63) is 95.1 Å². The fourth-order valence-electron chi connectivity index (χ4n) is 4.13. The molecule has 33 heavy (non-hydrogen) atoms. The molecule has 3 aromatic carbocycles. The van der Waals surface area contributed by atoms with Crippen LogP contribution in [0, 0.1) is 0 Å². The number of fused-ring (bicyclic) bond motifs is 1. The zero-order valence-electron chi connectivity index (χ0n) is 18.3. The molecule has 0 aromatic heterocycles. The Morgan fingerprint density at radius 1 is 0.939 bits per heavy atom. The van der Waals surface area contributed by atoms with Crippen LogP contribution in [0.2, 0.25) is 0 Å². The van der Waals surface area contributed by atoms with Crippen LogP contribution >= 0.6 is 0 Å². The number of amides is 1. The average Bonchev–Trinajstić information content (AvgIpc) is 3.55. The van der Waals surface area contributed by atoms with Crippen molar-refractivity contribution in [1.29, 1.82) is 0 Å². The summed E-state index contributed by atoms with van der Waals surface area (Å²) in [7, 11) is -3.59. The first kappa shape index (κ1) is 21.7. The minimum Gasteiger partial charge on any atom is -0.367 e. The van der Waals surface area contributed by atoms with E-state index < -0.39 is 10.0 Å². The third-order valence-electron chi connectivity index (χ3n) is 6.14. The molecule has 1 amide bonds. The number of anilines is 1. The van der Waals surface area contributed by atoms with E-state index in [1.165, 1.54) is 28.9 Å². The molecule has 1 aliphatic carbocycles. The van der Waals surface area contributed by atoms with Gasteiger partial charge in [0.25, 0.3) is 5.91 Å². The molecule has 0 radical (unpaired) electrons. The van der Waals surface area contributed by atoms with Gasteiger partial charge in [-0.15, -0.1) is 0 Å². The second kappa shape index (κ2) is 9.00. The second-order valence-electron chi connectivity index (χ2n) is 8.72. The van der Waals surface area contributed by atoms with Crippen LogP contribution in [0.3, 0.4) is 0 Å². The lowest BCUT2D eigenvalue weighted by molar-refractivity contribution is 0.0950. The number of sulfonamides is 1. The van der Waals surface area contributed by atoms with Gasteiger partial charge in [-0.25, -0.2) is 13.1 Å². The SMILES string of the molecule is O=C(NCc1ccc(CN2CCc3ccccc32)cc1)c1cccc(S(=O)(=O)NC2CC2)c1. The quantitative estimate of drug-likeness (QED) is 0.537. The van der Waals surface area contributed by atoms with Crippen molar-refractivity contribution in [2.45, 2.75) is 43.3 Å². The molecule has 0 saturated heterocycles. The molecule has 1 heterocycles. The lowest BCUT2D eigenvalue weighted by Gasteiger charge is -2.19. The van der Waals surface area contributed by atoms with Crippen LogP contribution in [0.15, 0.2) is 77.7 Å². The number of hydrogen-bond donors (Lipinski definition) is 2. The van der Waals surface area contributed by atoms with Gasteiger partial charge in [0.2, 0.25) is 10.0 Å². The highest BCUT2D eigenvalue weighted by molar-refractivity contribution is 7.89. The molecule has 0 bridgehead atoms. The molecule has 5 rings (SSSR count). The standard InChI is InChI=1S/C26H27N3O3S/c30-26(22-5-3-6-24(16-22)33(31,32)28-23-12-13-23)27-17-19-8-10-20(11-9-19)18-29-15-14-21-4-1-2-7-25(21)29/h1-11,16,23,28H,12-15,17-18H2,(H,27,30). The number of nitrogens with one attached hydrogen (secondary N) is 2. The highest BCUT2D eigenvalue weighted by Crippen LogP contribution is 2.28. The molecule has 1 fully saturated rings. The molecule has 1 aliphatic heterocycles. The van der Waals surface area contributed by atoms with Gasteiger partial charge in [0.05, 0.1) is 4.90 Å². The summed E-state index contributed by atoms with van der Waals surface area (Å²) >= 11 is 0. The number of nitrogens with zero attached hydrogens (tertiary/aromatic N) is 1. The summed E-state index contributed by atoms with van der Waals surface area (Å²) in [5, 5.41) is 2.89. The molecular weight excluding hydrogens is 434 g/mol. The third-order valence-corrected chi connectivity index (χ3v) is 7.66. The Kier molecular flexibility index (Phi) is 5.91. The Morgan fingerprint density at radius 3 is 2.48 bits per heavy atom. The van der Waals surface area contributed by atoms with Crippen LogP contribution in [0.25, 0.3) is 0 Å². The van der Waals surface area contributed by atoms with Crippen molar-refractivity contribution in [2.75, 3.05) is 11.4 Å². The Morgan fingerprint density at radius 2 is 1.70 bits per heavy atom. The fraction of sp³-hybridized carbons (Fsp3) is 0.269. The summed E-state index contributed by atoms with van der Waals surface area (Å²) in [4.78, 5) is 15.1. The van der Waals surface area contributed by atoms with Gasteiger partial charge in [-0.3, -0.25) is 4.79 Å². The first-order valence-electron chi connectivity index (χ1n) is 11.3. The van der Waals surface area contributed by atoms with Crippen molar-refractivity contribution in [2.24, 2.45) is 0 Å². The van der Waals surface area contributed by atoms with E-state index in [0.717, 1.165) is 37.9 Å². The van der Waals surface area contributed by atoms with E-state index >= 15 is 0 Å².